The van der Waals surface area contributed by atoms with Crippen molar-refractivity contribution < 1.29 is 23.9 Å². The van der Waals surface area contributed by atoms with E-state index >= 15 is 0 Å². The molecule has 27 heavy (non-hydrogen) atoms. The Hall–Kier alpha value is -2.86. The predicted octanol–water partition coefficient (Wildman–Crippen LogP) is 3.80. The standard InChI is InChI=1S/C20H20ClNO5/c1-12-10-15(21)8-9-18(12)27-14(3)20(25)26-11-19(24)22-17-7-5-4-6-16(17)13(2)23/h4-10,14H,11H2,1-3H3,(H,22,24). The van der Waals surface area contributed by atoms with Crippen molar-refractivity contribution in [3.63, 3.8) is 0 Å². The van der Waals surface area contributed by atoms with E-state index in [0.717, 1.165) is 5.56 Å². The second-order valence-electron chi connectivity index (χ2n) is 5.93. The molecule has 0 saturated carbocycles. The lowest BCUT2D eigenvalue weighted by Gasteiger charge is -2.16. The minimum absolute atomic E-state index is 0.178. The van der Waals surface area contributed by atoms with Gasteiger partial charge in [0.15, 0.2) is 18.5 Å². The van der Waals surface area contributed by atoms with E-state index in [-0.39, 0.29) is 5.78 Å². The second kappa shape index (κ2) is 9.19. The summed E-state index contributed by atoms with van der Waals surface area (Å²) in [5.74, 6) is -0.904. The van der Waals surface area contributed by atoms with E-state index in [9.17, 15) is 14.4 Å². The summed E-state index contributed by atoms with van der Waals surface area (Å²) in [5, 5.41) is 3.13. The van der Waals surface area contributed by atoms with Gasteiger partial charge in [0.1, 0.15) is 5.75 Å². The zero-order valence-electron chi connectivity index (χ0n) is 15.2. The highest BCUT2D eigenvalue weighted by molar-refractivity contribution is 6.30. The monoisotopic (exact) mass is 389 g/mol. The third-order valence-corrected chi connectivity index (χ3v) is 3.93. The smallest absolute Gasteiger partial charge is 0.347 e. The zero-order chi connectivity index (χ0) is 20.0. The first kappa shape index (κ1) is 20.5. The molecule has 0 fully saturated rings. The van der Waals surface area contributed by atoms with Crippen LogP contribution in [0.5, 0.6) is 5.75 Å². The molecule has 2 rings (SSSR count). The molecule has 2 aromatic carbocycles. The quantitative estimate of drug-likeness (QED) is 0.575. The summed E-state index contributed by atoms with van der Waals surface area (Å²) >= 11 is 5.89. The molecule has 0 saturated heterocycles. The maximum atomic E-state index is 12.1. The van der Waals surface area contributed by atoms with Crippen molar-refractivity contribution in [3.8, 4) is 5.75 Å². The molecule has 0 heterocycles. The SMILES string of the molecule is CC(=O)c1ccccc1NC(=O)COC(=O)C(C)Oc1ccc(Cl)cc1C. The molecule has 1 unspecified atom stereocenters. The van der Waals surface area contributed by atoms with Gasteiger partial charge in [-0.05, 0) is 56.7 Å². The lowest BCUT2D eigenvalue weighted by atomic mass is 10.1. The Balaban J connectivity index is 1.89. The molecule has 1 atom stereocenters. The van der Waals surface area contributed by atoms with Crippen molar-refractivity contribution >= 4 is 34.9 Å². The van der Waals surface area contributed by atoms with E-state index < -0.39 is 24.6 Å². The van der Waals surface area contributed by atoms with Crippen molar-refractivity contribution in [3.05, 3.63) is 58.6 Å². The number of ketones is 1. The van der Waals surface area contributed by atoms with Gasteiger partial charge in [-0.1, -0.05) is 23.7 Å². The molecule has 1 amide bonds. The van der Waals surface area contributed by atoms with E-state index in [4.69, 9.17) is 21.1 Å². The van der Waals surface area contributed by atoms with Crippen molar-refractivity contribution in [2.24, 2.45) is 0 Å². The van der Waals surface area contributed by atoms with Gasteiger partial charge in [-0.15, -0.1) is 0 Å². The number of ether oxygens (including phenoxy) is 2. The average Bonchev–Trinajstić information content (AvgIpc) is 2.62. The number of carbonyl (C=O) groups is 3. The number of benzene rings is 2. The molecule has 1 N–H and O–H groups in total. The Morgan fingerprint density at radius 2 is 1.85 bits per heavy atom. The van der Waals surface area contributed by atoms with Crippen LogP contribution in [0.2, 0.25) is 5.02 Å². The number of halogens is 1. The zero-order valence-corrected chi connectivity index (χ0v) is 16.0. The summed E-state index contributed by atoms with van der Waals surface area (Å²) in [6, 6.07) is 11.6. The van der Waals surface area contributed by atoms with Crippen LogP contribution in [0.1, 0.15) is 29.8 Å². The minimum Gasteiger partial charge on any atom is -0.479 e. The second-order valence-corrected chi connectivity index (χ2v) is 6.36. The topological polar surface area (TPSA) is 81.7 Å². The van der Waals surface area contributed by atoms with Crippen molar-refractivity contribution in [1.82, 2.24) is 0 Å². The van der Waals surface area contributed by atoms with E-state index in [1.54, 1.807) is 49.4 Å². The lowest BCUT2D eigenvalue weighted by molar-refractivity contribution is -0.153. The number of para-hydroxylation sites is 1. The Bertz CT molecular complexity index is 865. The summed E-state index contributed by atoms with van der Waals surface area (Å²) in [6.07, 6.45) is -0.901. The number of amides is 1. The molecule has 6 nitrogen and oxygen atoms in total. The highest BCUT2D eigenvalue weighted by atomic mass is 35.5. The molecule has 7 heteroatoms. The van der Waals surface area contributed by atoms with Gasteiger partial charge in [-0.25, -0.2) is 4.79 Å². The molecular weight excluding hydrogens is 370 g/mol. The van der Waals surface area contributed by atoms with E-state index in [0.29, 0.717) is 22.0 Å². The largest absolute Gasteiger partial charge is 0.479 e. The number of hydrogen-bond donors (Lipinski definition) is 1. The molecular formula is C20H20ClNO5. The van der Waals surface area contributed by atoms with E-state index in [1.807, 2.05) is 0 Å². The highest BCUT2D eigenvalue weighted by Crippen LogP contribution is 2.23. The van der Waals surface area contributed by atoms with Crippen LogP contribution >= 0.6 is 11.6 Å². The fourth-order valence-corrected chi connectivity index (χ4v) is 2.55. The van der Waals surface area contributed by atoms with Gasteiger partial charge in [0, 0.05) is 10.6 Å². The maximum absolute atomic E-state index is 12.1. The van der Waals surface area contributed by atoms with Crippen LogP contribution in [0, 0.1) is 6.92 Å². The van der Waals surface area contributed by atoms with Crippen LogP contribution in [0.25, 0.3) is 0 Å². The maximum Gasteiger partial charge on any atom is 0.347 e. The van der Waals surface area contributed by atoms with Gasteiger partial charge in [0.2, 0.25) is 0 Å². The molecule has 0 aliphatic heterocycles. The van der Waals surface area contributed by atoms with Crippen molar-refractivity contribution in [1.29, 1.82) is 0 Å². The van der Waals surface area contributed by atoms with E-state index in [1.165, 1.54) is 13.8 Å². The number of rotatable bonds is 7. The number of nitrogens with one attached hydrogen (secondary N) is 1. The molecule has 0 spiro atoms. The van der Waals surface area contributed by atoms with Gasteiger partial charge in [0.25, 0.3) is 5.91 Å². The number of aryl methyl sites for hydroxylation is 1. The summed E-state index contributed by atoms with van der Waals surface area (Å²) in [6.45, 7) is 4.25. The molecule has 0 radical (unpaired) electrons. The number of esters is 1. The van der Waals surface area contributed by atoms with Gasteiger partial charge in [0.05, 0.1) is 5.69 Å². The molecule has 142 valence electrons. The van der Waals surface area contributed by atoms with Crippen molar-refractivity contribution in [2.75, 3.05) is 11.9 Å². The number of anilines is 1. The first-order valence-electron chi connectivity index (χ1n) is 8.27. The number of carbonyl (C=O) groups excluding carboxylic acids is 3. The summed E-state index contributed by atoms with van der Waals surface area (Å²) < 4.78 is 10.5. The third kappa shape index (κ3) is 5.82. The van der Waals surface area contributed by atoms with Crippen LogP contribution in [0.3, 0.4) is 0 Å². The summed E-state index contributed by atoms with van der Waals surface area (Å²) in [5.41, 5.74) is 1.53. The van der Waals surface area contributed by atoms with Crippen LogP contribution in [0.4, 0.5) is 5.69 Å². The molecule has 0 bridgehead atoms. The third-order valence-electron chi connectivity index (χ3n) is 3.70. The molecule has 0 aliphatic carbocycles. The van der Waals surface area contributed by atoms with Crippen molar-refractivity contribution in [2.45, 2.75) is 26.9 Å². The average molecular weight is 390 g/mol. The predicted molar refractivity (Wildman–Crippen MR) is 102 cm³/mol. The Kier molecular flexibility index (Phi) is 6.96. The first-order chi connectivity index (χ1) is 12.8. The Labute approximate surface area is 162 Å². The molecule has 0 aliphatic rings. The fraction of sp³-hybridized carbons (Fsp3) is 0.250. The van der Waals surface area contributed by atoms with Crippen LogP contribution in [-0.4, -0.2) is 30.4 Å². The first-order valence-corrected chi connectivity index (χ1v) is 8.65. The minimum atomic E-state index is -0.901. The Morgan fingerprint density at radius 1 is 1.15 bits per heavy atom. The summed E-state index contributed by atoms with van der Waals surface area (Å²) in [4.78, 5) is 35.6. The highest BCUT2D eigenvalue weighted by Gasteiger charge is 2.19. The molecule has 0 aromatic heterocycles. The fourth-order valence-electron chi connectivity index (χ4n) is 2.32. The van der Waals surface area contributed by atoms with Crippen LogP contribution in [-0.2, 0) is 14.3 Å². The van der Waals surface area contributed by atoms with Crippen LogP contribution in [0.15, 0.2) is 42.5 Å². The normalized spacial score (nSPS) is 11.4. The van der Waals surface area contributed by atoms with Gasteiger partial charge < -0.3 is 14.8 Å². The van der Waals surface area contributed by atoms with Gasteiger partial charge >= 0.3 is 5.97 Å². The van der Waals surface area contributed by atoms with Gasteiger partial charge in [-0.3, -0.25) is 9.59 Å². The Morgan fingerprint density at radius 3 is 2.52 bits per heavy atom. The van der Waals surface area contributed by atoms with E-state index in [2.05, 4.69) is 5.32 Å². The lowest BCUT2D eigenvalue weighted by Crippen LogP contribution is -2.30. The summed E-state index contributed by atoms with van der Waals surface area (Å²) in [7, 11) is 0. The van der Waals surface area contributed by atoms with Gasteiger partial charge in [-0.2, -0.15) is 0 Å². The molecule has 2 aromatic rings. The van der Waals surface area contributed by atoms with Crippen LogP contribution < -0.4 is 10.1 Å². The number of hydrogen-bond acceptors (Lipinski definition) is 5. The number of Topliss-reactive ketones (excluding diaryl/α,β-unsaturated/α-hetero) is 1.